The number of fused-ring (bicyclic) bond motifs is 1. The highest BCUT2D eigenvalue weighted by Gasteiger charge is 2.04. The van der Waals surface area contributed by atoms with Crippen molar-refractivity contribution in [2.75, 3.05) is 24.2 Å². The molecule has 0 unspecified atom stereocenters. The van der Waals surface area contributed by atoms with Gasteiger partial charge in [-0.05, 0) is 24.3 Å². The van der Waals surface area contributed by atoms with E-state index in [1.807, 2.05) is 36.4 Å². The lowest BCUT2D eigenvalue weighted by molar-refractivity contribution is -0.118. The third-order valence-electron chi connectivity index (χ3n) is 3.23. The zero-order valence-corrected chi connectivity index (χ0v) is 14.7. The first kappa shape index (κ1) is 16.7. The maximum atomic E-state index is 11.8. The van der Waals surface area contributed by atoms with Gasteiger partial charge in [-0.2, -0.15) is 0 Å². The highest BCUT2D eigenvalue weighted by Crippen LogP contribution is 2.24. The topological polar surface area (TPSA) is 66.9 Å². The van der Waals surface area contributed by atoms with Crippen molar-refractivity contribution < 1.29 is 4.79 Å². The van der Waals surface area contributed by atoms with Crippen molar-refractivity contribution in [2.24, 2.45) is 0 Å². The van der Waals surface area contributed by atoms with Gasteiger partial charge in [-0.1, -0.05) is 29.5 Å². The van der Waals surface area contributed by atoms with Crippen LogP contribution in [0.15, 0.2) is 48.7 Å². The van der Waals surface area contributed by atoms with Crippen molar-refractivity contribution in [3.8, 4) is 0 Å². The van der Waals surface area contributed by atoms with Crippen LogP contribution >= 0.6 is 23.1 Å². The lowest BCUT2D eigenvalue weighted by Crippen LogP contribution is -2.30. The van der Waals surface area contributed by atoms with E-state index in [1.165, 1.54) is 0 Å². The molecule has 0 saturated carbocycles. The van der Waals surface area contributed by atoms with Crippen molar-refractivity contribution in [2.45, 2.75) is 5.75 Å². The Morgan fingerprint density at radius 3 is 2.83 bits per heavy atom. The molecule has 0 spiro atoms. The zero-order valence-electron chi connectivity index (χ0n) is 13.1. The van der Waals surface area contributed by atoms with Crippen LogP contribution in [-0.4, -0.2) is 34.7 Å². The number of aromatic nitrogens is 2. The van der Waals surface area contributed by atoms with Gasteiger partial charge in [-0.15, -0.1) is 11.8 Å². The summed E-state index contributed by atoms with van der Waals surface area (Å²) in [5.74, 6) is 1.23. The second-order valence-electron chi connectivity index (χ2n) is 5.08. The summed E-state index contributed by atoms with van der Waals surface area (Å²) in [4.78, 5) is 20.5. The summed E-state index contributed by atoms with van der Waals surface area (Å²) in [6, 6.07) is 13.8. The Balaban J connectivity index is 1.32. The SMILES string of the molecule is O=C(CSCc1ccccn1)NCCNc1nc2ccccc2s1. The van der Waals surface area contributed by atoms with E-state index in [1.54, 1.807) is 29.3 Å². The molecule has 0 aliphatic heterocycles. The van der Waals surface area contributed by atoms with Crippen LogP contribution in [0.1, 0.15) is 5.69 Å². The van der Waals surface area contributed by atoms with Gasteiger partial charge >= 0.3 is 0 Å². The van der Waals surface area contributed by atoms with Crippen LogP contribution in [0.3, 0.4) is 0 Å². The average Bonchev–Trinajstić information content (AvgIpc) is 3.02. The molecule has 0 fully saturated rings. The number of para-hydroxylation sites is 1. The number of carbonyl (C=O) groups excluding carboxylic acids is 1. The van der Waals surface area contributed by atoms with Crippen LogP contribution in [0.2, 0.25) is 0 Å². The van der Waals surface area contributed by atoms with Crippen molar-refractivity contribution >= 4 is 44.4 Å². The number of hydrogen-bond acceptors (Lipinski definition) is 6. The number of carbonyl (C=O) groups is 1. The minimum atomic E-state index is 0.0435. The van der Waals surface area contributed by atoms with Gasteiger partial charge in [0.25, 0.3) is 0 Å². The number of anilines is 1. The molecule has 0 aliphatic carbocycles. The Bertz CT molecular complexity index is 758. The molecule has 2 aromatic heterocycles. The van der Waals surface area contributed by atoms with Crippen molar-refractivity contribution in [3.05, 3.63) is 54.4 Å². The van der Waals surface area contributed by atoms with E-state index >= 15 is 0 Å². The molecule has 0 aliphatic rings. The van der Waals surface area contributed by atoms with Gasteiger partial charge in [0.2, 0.25) is 5.91 Å². The second kappa shape index (κ2) is 8.65. The van der Waals surface area contributed by atoms with Gasteiger partial charge in [-0.25, -0.2) is 4.98 Å². The largest absolute Gasteiger partial charge is 0.360 e. The molecule has 2 N–H and O–H groups in total. The fourth-order valence-electron chi connectivity index (χ4n) is 2.10. The fourth-order valence-corrected chi connectivity index (χ4v) is 3.76. The van der Waals surface area contributed by atoms with E-state index in [0.29, 0.717) is 18.8 Å². The third-order valence-corrected chi connectivity index (χ3v) is 5.19. The predicted molar refractivity (Wildman–Crippen MR) is 102 cm³/mol. The van der Waals surface area contributed by atoms with Crippen LogP contribution in [0.25, 0.3) is 10.2 Å². The molecule has 3 rings (SSSR count). The van der Waals surface area contributed by atoms with Gasteiger partial charge in [-0.3, -0.25) is 9.78 Å². The van der Waals surface area contributed by atoms with Crippen LogP contribution < -0.4 is 10.6 Å². The van der Waals surface area contributed by atoms with E-state index in [9.17, 15) is 4.79 Å². The molecule has 0 radical (unpaired) electrons. The second-order valence-corrected chi connectivity index (χ2v) is 7.09. The fraction of sp³-hybridized carbons (Fsp3) is 0.235. The minimum absolute atomic E-state index is 0.0435. The number of amides is 1. The summed E-state index contributed by atoms with van der Waals surface area (Å²) in [5, 5.41) is 7.04. The number of nitrogens with zero attached hydrogens (tertiary/aromatic N) is 2. The van der Waals surface area contributed by atoms with Gasteiger partial charge in [0, 0.05) is 25.0 Å². The van der Waals surface area contributed by atoms with Crippen molar-refractivity contribution in [1.29, 1.82) is 0 Å². The summed E-state index contributed by atoms with van der Waals surface area (Å²) in [5.41, 5.74) is 1.99. The summed E-state index contributed by atoms with van der Waals surface area (Å²) < 4.78 is 1.16. The Morgan fingerprint density at radius 1 is 1.12 bits per heavy atom. The third kappa shape index (κ3) is 4.94. The lowest BCUT2D eigenvalue weighted by Gasteiger charge is -2.05. The Hall–Kier alpha value is -2.12. The smallest absolute Gasteiger partial charge is 0.230 e. The van der Waals surface area contributed by atoms with E-state index in [4.69, 9.17) is 0 Å². The molecule has 124 valence electrons. The number of thioether (sulfide) groups is 1. The minimum Gasteiger partial charge on any atom is -0.360 e. The first-order valence-corrected chi connectivity index (χ1v) is 9.62. The summed E-state index contributed by atoms with van der Waals surface area (Å²) in [7, 11) is 0. The molecule has 2 heterocycles. The Morgan fingerprint density at radius 2 is 2.00 bits per heavy atom. The number of pyridine rings is 1. The monoisotopic (exact) mass is 358 g/mol. The Labute approximate surface area is 148 Å². The number of hydrogen-bond donors (Lipinski definition) is 2. The zero-order chi connectivity index (χ0) is 16.6. The molecule has 1 amide bonds. The quantitative estimate of drug-likeness (QED) is 0.606. The molecule has 0 bridgehead atoms. The summed E-state index contributed by atoms with van der Waals surface area (Å²) in [6.45, 7) is 1.25. The highest BCUT2D eigenvalue weighted by molar-refractivity contribution is 7.99. The highest BCUT2D eigenvalue weighted by atomic mass is 32.2. The lowest BCUT2D eigenvalue weighted by atomic mass is 10.3. The standard InChI is InChI=1S/C17H18N4OS2/c22-16(12-23-11-13-5-3-4-8-18-13)19-9-10-20-17-21-14-6-1-2-7-15(14)24-17/h1-8H,9-12H2,(H,19,22)(H,20,21). The first-order chi connectivity index (χ1) is 11.8. The molecule has 5 nitrogen and oxygen atoms in total. The molecule has 1 aromatic carbocycles. The molecule has 24 heavy (non-hydrogen) atoms. The number of thiazole rings is 1. The number of nitrogens with one attached hydrogen (secondary N) is 2. The van der Waals surface area contributed by atoms with E-state index < -0.39 is 0 Å². The Kier molecular flexibility index (Phi) is 6.03. The van der Waals surface area contributed by atoms with Gasteiger partial charge < -0.3 is 10.6 Å². The van der Waals surface area contributed by atoms with Crippen molar-refractivity contribution in [1.82, 2.24) is 15.3 Å². The first-order valence-electron chi connectivity index (χ1n) is 7.65. The van der Waals surface area contributed by atoms with Crippen LogP contribution in [-0.2, 0) is 10.5 Å². The maximum Gasteiger partial charge on any atom is 0.230 e. The molecule has 7 heteroatoms. The van der Waals surface area contributed by atoms with E-state index in [0.717, 1.165) is 26.8 Å². The normalized spacial score (nSPS) is 10.7. The summed E-state index contributed by atoms with van der Waals surface area (Å²) in [6.07, 6.45) is 1.77. The average molecular weight is 358 g/mol. The van der Waals surface area contributed by atoms with Crippen LogP contribution in [0.5, 0.6) is 0 Å². The molecular weight excluding hydrogens is 340 g/mol. The number of rotatable bonds is 8. The molecule has 0 saturated heterocycles. The molecule has 0 atom stereocenters. The van der Waals surface area contributed by atoms with Gasteiger partial charge in [0.15, 0.2) is 5.13 Å². The molecule has 3 aromatic rings. The number of benzene rings is 1. The van der Waals surface area contributed by atoms with E-state index in [-0.39, 0.29) is 5.91 Å². The van der Waals surface area contributed by atoms with Crippen LogP contribution in [0, 0.1) is 0 Å². The summed E-state index contributed by atoms with van der Waals surface area (Å²) >= 11 is 3.19. The molecular formula is C17H18N4OS2. The van der Waals surface area contributed by atoms with Crippen molar-refractivity contribution in [3.63, 3.8) is 0 Å². The van der Waals surface area contributed by atoms with Gasteiger partial charge in [0.05, 0.1) is 21.7 Å². The maximum absolute atomic E-state index is 11.8. The van der Waals surface area contributed by atoms with E-state index in [2.05, 4.69) is 26.7 Å². The predicted octanol–water partition coefficient (Wildman–Crippen LogP) is 3.15. The van der Waals surface area contributed by atoms with Gasteiger partial charge in [0.1, 0.15) is 0 Å². The van der Waals surface area contributed by atoms with Crippen LogP contribution in [0.4, 0.5) is 5.13 Å².